The monoisotopic (exact) mass is 271 g/mol. The van der Waals surface area contributed by atoms with E-state index in [4.69, 9.17) is 21.1 Å². The standard InChI is InChI=1S/C14H22ClNO2/c1-4-8-18-14-7-6-11(15)9-13(14)16-12(5-2)10-17-3/h6-7,9,12,16H,4-5,8,10H2,1-3H3. The van der Waals surface area contributed by atoms with Gasteiger partial charge < -0.3 is 14.8 Å². The molecule has 1 aromatic carbocycles. The Morgan fingerprint density at radius 2 is 2.11 bits per heavy atom. The molecule has 0 fully saturated rings. The van der Waals surface area contributed by atoms with Crippen LogP contribution < -0.4 is 10.1 Å². The largest absolute Gasteiger partial charge is 0.491 e. The molecular weight excluding hydrogens is 250 g/mol. The average molecular weight is 272 g/mol. The molecule has 102 valence electrons. The van der Waals surface area contributed by atoms with Gasteiger partial charge in [-0.05, 0) is 31.0 Å². The van der Waals surface area contributed by atoms with Crippen LogP contribution in [0.15, 0.2) is 18.2 Å². The fourth-order valence-corrected chi connectivity index (χ4v) is 1.81. The molecule has 0 radical (unpaired) electrons. The molecule has 1 aromatic rings. The molecule has 1 atom stereocenters. The Balaban J connectivity index is 2.79. The summed E-state index contributed by atoms with van der Waals surface area (Å²) in [7, 11) is 1.71. The highest BCUT2D eigenvalue weighted by Gasteiger charge is 2.10. The minimum atomic E-state index is 0.262. The molecule has 0 saturated heterocycles. The number of ether oxygens (including phenoxy) is 2. The van der Waals surface area contributed by atoms with Crippen molar-refractivity contribution in [2.45, 2.75) is 32.7 Å². The van der Waals surface area contributed by atoms with E-state index in [2.05, 4.69) is 19.2 Å². The smallest absolute Gasteiger partial charge is 0.142 e. The van der Waals surface area contributed by atoms with E-state index in [-0.39, 0.29) is 6.04 Å². The normalized spacial score (nSPS) is 12.2. The Kier molecular flexibility index (Phi) is 6.91. The first-order chi connectivity index (χ1) is 8.71. The van der Waals surface area contributed by atoms with E-state index >= 15 is 0 Å². The Hall–Kier alpha value is -0.930. The molecule has 0 heterocycles. The molecule has 0 aromatic heterocycles. The molecule has 3 nitrogen and oxygen atoms in total. The van der Waals surface area contributed by atoms with Crippen molar-refractivity contribution in [3.05, 3.63) is 23.2 Å². The highest BCUT2D eigenvalue weighted by Crippen LogP contribution is 2.29. The average Bonchev–Trinajstić information content (AvgIpc) is 2.37. The van der Waals surface area contributed by atoms with Crippen molar-refractivity contribution in [3.8, 4) is 5.75 Å². The molecule has 18 heavy (non-hydrogen) atoms. The van der Waals surface area contributed by atoms with Crippen LogP contribution in [0, 0.1) is 0 Å². The highest BCUT2D eigenvalue weighted by atomic mass is 35.5. The van der Waals surface area contributed by atoms with Crippen molar-refractivity contribution in [1.82, 2.24) is 0 Å². The van der Waals surface area contributed by atoms with E-state index < -0.39 is 0 Å². The van der Waals surface area contributed by atoms with Crippen LogP contribution in [0.3, 0.4) is 0 Å². The van der Waals surface area contributed by atoms with Crippen molar-refractivity contribution in [3.63, 3.8) is 0 Å². The molecular formula is C14H22ClNO2. The van der Waals surface area contributed by atoms with Gasteiger partial charge in [-0.2, -0.15) is 0 Å². The maximum atomic E-state index is 6.03. The zero-order valence-corrected chi connectivity index (χ0v) is 12.1. The first kappa shape index (κ1) is 15.1. The third-order valence-electron chi connectivity index (χ3n) is 2.62. The van der Waals surface area contributed by atoms with Crippen LogP contribution in [0.5, 0.6) is 5.75 Å². The van der Waals surface area contributed by atoms with E-state index in [1.165, 1.54) is 0 Å². The van der Waals surface area contributed by atoms with E-state index in [9.17, 15) is 0 Å². The fourth-order valence-electron chi connectivity index (χ4n) is 1.64. The van der Waals surface area contributed by atoms with Gasteiger partial charge in [-0.1, -0.05) is 25.4 Å². The van der Waals surface area contributed by atoms with Crippen molar-refractivity contribution in [1.29, 1.82) is 0 Å². The maximum absolute atomic E-state index is 6.03. The number of rotatable bonds is 8. The lowest BCUT2D eigenvalue weighted by Crippen LogP contribution is -2.24. The number of hydrogen-bond acceptors (Lipinski definition) is 3. The van der Waals surface area contributed by atoms with Gasteiger partial charge in [0.2, 0.25) is 0 Å². The topological polar surface area (TPSA) is 30.5 Å². The summed E-state index contributed by atoms with van der Waals surface area (Å²) in [5, 5.41) is 4.12. The molecule has 0 spiro atoms. The summed E-state index contributed by atoms with van der Waals surface area (Å²) in [4.78, 5) is 0. The van der Waals surface area contributed by atoms with Gasteiger partial charge in [0.05, 0.1) is 18.9 Å². The Labute approximate surface area is 114 Å². The number of methoxy groups -OCH3 is 1. The summed E-state index contributed by atoms with van der Waals surface area (Å²) >= 11 is 6.03. The van der Waals surface area contributed by atoms with Crippen molar-refractivity contribution >= 4 is 17.3 Å². The van der Waals surface area contributed by atoms with Crippen LogP contribution in [-0.2, 0) is 4.74 Å². The van der Waals surface area contributed by atoms with Gasteiger partial charge in [0.25, 0.3) is 0 Å². The van der Waals surface area contributed by atoms with Crippen molar-refractivity contribution in [2.75, 3.05) is 25.6 Å². The zero-order chi connectivity index (χ0) is 13.4. The summed E-state index contributed by atoms with van der Waals surface area (Å²) in [6, 6.07) is 5.90. The minimum Gasteiger partial charge on any atom is -0.491 e. The third kappa shape index (κ3) is 4.75. The molecule has 0 aliphatic carbocycles. The van der Waals surface area contributed by atoms with E-state index in [0.29, 0.717) is 18.2 Å². The Morgan fingerprint density at radius 1 is 1.33 bits per heavy atom. The van der Waals surface area contributed by atoms with Gasteiger partial charge in [-0.3, -0.25) is 0 Å². The second kappa shape index (κ2) is 8.22. The van der Waals surface area contributed by atoms with E-state index in [0.717, 1.165) is 24.3 Å². The van der Waals surface area contributed by atoms with Crippen molar-refractivity contribution in [2.24, 2.45) is 0 Å². The van der Waals surface area contributed by atoms with Gasteiger partial charge in [0.1, 0.15) is 5.75 Å². The van der Waals surface area contributed by atoms with Gasteiger partial charge in [0, 0.05) is 18.2 Å². The number of anilines is 1. The summed E-state index contributed by atoms with van der Waals surface area (Å²) < 4.78 is 10.9. The summed E-state index contributed by atoms with van der Waals surface area (Å²) in [6.45, 7) is 5.57. The second-order valence-electron chi connectivity index (χ2n) is 4.19. The summed E-state index contributed by atoms with van der Waals surface area (Å²) in [6.07, 6.45) is 1.96. The molecule has 0 amide bonds. The van der Waals surface area contributed by atoms with Gasteiger partial charge in [-0.15, -0.1) is 0 Å². The molecule has 0 aliphatic rings. The maximum Gasteiger partial charge on any atom is 0.142 e. The van der Waals surface area contributed by atoms with Crippen LogP contribution >= 0.6 is 11.6 Å². The van der Waals surface area contributed by atoms with Crippen LogP contribution in [0.25, 0.3) is 0 Å². The molecule has 4 heteroatoms. The SMILES string of the molecule is CCCOc1ccc(Cl)cc1NC(CC)COC. The predicted octanol–water partition coefficient (Wildman–Crippen LogP) is 3.97. The van der Waals surface area contributed by atoms with E-state index in [1.54, 1.807) is 7.11 Å². The molecule has 0 bridgehead atoms. The Bertz CT molecular complexity index is 358. The van der Waals surface area contributed by atoms with Gasteiger partial charge >= 0.3 is 0 Å². The van der Waals surface area contributed by atoms with Gasteiger partial charge in [-0.25, -0.2) is 0 Å². The first-order valence-electron chi connectivity index (χ1n) is 6.39. The van der Waals surface area contributed by atoms with E-state index in [1.807, 2.05) is 18.2 Å². The number of halogens is 1. The number of benzene rings is 1. The molecule has 1 unspecified atom stereocenters. The predicted molar refractivity (Wildman–Crippen MR) is 76.8 cm³/mol. The minimum absolute atomic E-state index is 0.262. The summed E-state index contributed by atoms with van der Waals surface area (Å²) in [5.74, 6) is 0.843. The first-order valence-corrected chi connectivity index (χ1v) is 6.76. The fraction of sp³-hybridized carbons (Fsp3) is 0.571. The molecule has 0 aliphatic heterocycles. The molecule has 1 rings (SSSR count). The van der Waals surface area contributed by atoms with Crippen LogP contribution in [0.4, 0.5) is 5.69 Å². The third-order valence-corrected chi connectivity index (χ3v) is 2.86. The summed E-state index contributed by atoms with van der Waals surface area (Å²) in [5.41, 5.74) is 0.930. The van der Waals surface area contributed by atoms with Gasteiger partial charge in [0.15, 0.2) is 0 Å². The lowest BCUT2D eigenvalue weighted by Gasteiger charge is -2.20. The van der Waals surface area contributed by atoms with Crippen molar-refractivity contribution < 1.29 is 9.47 Å². The number of hydrogen-bond donors (Lipinski definition) is 1. The van der Waals surface area contributed by atoms with Crippen LogP contribution in [0.2, 0.25) is 5.02 Å². The second-order valence-corrected chi connectivity index (χ2v) is 4.63. The number of nitrogens with one attached hydrogen (secondary N) is 1. The highest BCUT2D eigenvalue weighted by molar-refractivity contribution is 6.30. The quantitative estimate of drug-likeness (QED) is 0.776. The lowest BCUT2D eigenvalue weighted by molar-refractivity contribution is 0.184. The van der Waals surface area contributed by atoms with Crippen LogP contribution in [0.1, 0.15) is 26.7 Å². The molecule has 1 N–H and O–H groups in total. The Morgan fingerprint density at radius 3 is 2.72 bits per heavy atom. The zero-order valence-electron chi connectivity index (χ0n) is 11.3. The lowest BCUT2D eigenvalue weighted by atomic mass is 10.2. The van der Waals surface area contributed by atoms with Crippen LogP contribution in [-0.4, -0.2) is 26.4 Å². The molecule has 0 saturated carbocycles.